The fourth-order valence-corrected chi connectivity index (χ4v) is 3.05. The molecule has 1 aliphatic carbocycles. The predicted octanol–water partition coefficient (Wildman–Crippen LogP) is 3.18. The van der Waals surface area contributed by atoms with E-state index >= 15 is 0 Å². The smallest absolute Gasteiger partial charge is 0.315 e. The van der Waals surface area contributed by atoms with Crippen LogP contribution in [0.4, 0.5) is 13.6 Å². The van der Waals surface area contributed by atoms with Crippen LogP contribution in [-0.2, 0) is 6.54 Å². The monoisotopic (exact) mass is 353 g/mol. The average Bonchev–Trinajstić information content (AvgIpc) is 3.31. The summed E-state index contributed by atoms with van der Waals surface area (Å²) >= 11 is 1.63. The summed E-state index contributed by atoms with van der Waals surface area (Å²) in [7, 11) is 0. The standard InChI is InChI=1S/C16H17F2N3O2S/c17-13-4-3-12(7-14(13)18)23-6-5-19-16(22)20-8-11-9-24-15(21-11)10-1-2-10/h3-4,7,9-10H,1-2,5-6,8H2,(H2,19,20,22). The second kappa shape index (κ2) is 7.57. The number of thiazole rings is 1. The fourth-order valence-electron chi connectivity index (χ4n) is 2.06. The van der Waals surface area contributed by atoms with E-state index in [0.29, 0.717) is 12.5 Å². The van der Waals surface area contributed by atoms with Gasteiger partial charge in [-0.2, -0.15) is 0 Å². The molecule has 1 aliphatic rings. The minimum atomic E-state index is -0.966. The number of amides is 2. The Morgan fingerprint density at radius 1 is 1.29 bits per heavy atom. The van der Waals surface area contributed by atoms with Gasteiger partial charge in [0.15, 0.2) is 11.6 Å². The third-order valence-corrected chi connectivity index (χ3v) is 4.53. The molecule has 24 heavy (non-hydrogen) atoms. The highest BCUT2D eigenvalue weighted by Gasteiger charge is 2.26. The zero-order valence-corrected chi connectivity index (χ0v) is 13.7. The van der Waals surface area contributed by atoms with Gasteiger partial charge in [0.25, 0.3) is 0 Å². The summed E-state index contributed by atoms with van der Waals surface area (Å²) in [5.74, 6) is -1.06. The summed E-state index contributed by atoms with van der Waals surface area (Å²) in [6, 6.07) is 2.96. The van der Waals surface area contributed by atoms with E-state index in [1.54, 1.807) is 11.3 Å². The maximum absolute atomic E-state index is 13.0. The molecule has 3 rings (SSSR count). The maximum atomic E-state index is 13.0. The van der Waals surface area contributed by atoms with Crippen LogP contribution in [0, 0.1) is 11.6 Å². The van der Waals surface area contributed by atoms with Gasteiger partial charge in [0.2, 0.25) is 0 Å². The van der Waals surface area contributed by atoms with Gasteiger partial charge < -0.3 is 15.4 Å². The molecule has 5 nitrogen and oxygen atoms in total. The largest absolute Gasteiger partial charge is 0.492 e. The van der Waals surface area contributed by atoms with Crippen molar-refractivity contribution < 1.29 is 18.3 Å². The van der Waals surface area contributed by atoms with E-state index in [1.165, 1.54) is 18.9 Å². The van der Waals surface area contributed by atoms with Crippen molar-refractivity contribution in [2.24, 2.45) is 0 Å². The minimum absolute atomic E-state index is 0.154. The number of ether oxygens (including phenoxy) is 1. The number of carbonyl (C=O) groups is 1. The Hall–Kier alpha value is -2.22. The van der Waals surface area contributed by atoms with Gasteiger partial charge in [-0.15, -0.1) is 11.3 Å². The first-order chi connectivity index (χ1) is 11.6. The van der Waals surface area contributed by atoms with Gasteiger partial charge in [-0.25, -0.2) is 18.6 Å². The summed E-state index contributed by atoms with van der Waals surface area (Å²) in [4.78, 5) is 16.1. The van der Waals surface area contributed by atoms with Crippen molar-refractivity contribution in [3.63, 3.8) is 0 Å². The van der Waals surface area contributed by atoms with Crippen LogP contribution >= 0.6 is 11.3 Å². The first kappa shape index (κ1) is 16.6. The number of halogens is 2. The molecule has 0 bridgehead atoms. The number of nitrogens with one attached hydrogen (secondary N) is 2. The molecule has 128 valence electrons. The number of hydrogen-bond acceptors (Lipinski definition) is 4. The molecule has 1 saturated carbocycles. The van der Waals surface area contributed by atoms with Crippen LogP contribution in [-0.4, -0.2) is 24.2 Å². The first-order valence-electron chi connectivity index (χ1n) is 7.65. The number of hydrogen-bond donors (Lipinski definition) is 2. The zero-order valence-electron chi connectivity index (χ0n) is 12.9. The van der Waals surface area contributed by atoms with Gasteiger partial charge in [-0.05, 0) is 25.0 Å². The van der Waals surface area contributed by atoms with E-state index in [2.05, 4.69) is 15.6 Å². The van der Waals surface area contributed by atoms with E-state index < -0.39 is 11.6 Å². The van der Waals surface area contributed by atoms with Crippen LogP contribution in [0.5, 0.6) is 5.75 Å². The molecule has 0 atom stereocenters. The number of aromatic nitrogens is 1. The van der Waals surface area contributed by atoms with Gasteiger partial charge in [0, 0.05) is 17.4 Å². The van der Waals surface area contributed by atoms with E-state index in [1.807, 2.05) is 5.38 Å². The normalized spacial score (nSPS) is 13.6. The number of nitrogens with zero attached hydrogens (tertiary/aromatic N) is 1. The van der Waals surface area contributed by atoms with Crippen molar-refractivity contribution in [2.45, 2.75) is 25.3 Å². The van der Waals surface area contributed by atoms with Crippen LogP contribution in [0.15, 0.2) is 23.6 Å². The molecule has 1 heterocycles. The Morgan fingerprint density at radius 2 is 2.12 bits per heavy atom. The molecular weight excluding hydrogens is 336 g/mol. The van der Waals surface area contributed by atoms with Crippen LogP contribution in [0.2, 0.25) is 0 Å². The zero-order chi connectivity index (χ0) is 16.9. The number of rotatable bonds is 7. The molecule has 2 aromatic rings. The lowest BCUT2D eigenvalue weighted by Crippen LogP contribution is -2.37. The predicted molar refractivity (Wildman–Crippen MR) is 86.2 cm³/mol. The van der Waals surface area contributed by atoms with Crippen molar-refractivity contribution in [1.29, 1.82) is 0 Å². The highest BCUT2D eigenvalue weighted by atomic mass is 32.1. The number of benzene rings is 1. The van der Waals surface area contributed by atoms with E-state index in [-0.39, 0.29) is 24.9 Å². The van der Waals surface area contributed by atoms with Gasteiger partial charge in [-0.3, -0.25) is 0 Å². The van der Waals surface area contributed by atoms with Crippen molar-refractivity contribution >= 4 is 17.4 Å². The Balaban J connectivity index is 1.32. The topological polar surface area (TPSA) is 63.2 Å². The molecule has 2 amide bonds. The second-order valence-electron chi connectivity index (χ2n) is 5.49. The van der Waals surface area contributed by atoms with E-state index in [0.717, 1.165) is 22.8 Å². The first-order valence-corrected chi connectivity index (χ1v) is 8.53. The lowest BCUT2D eigenvalue weighted by atomic mass is 10.3. The Bertz CT molecular complexity index is 719. The molecule has 8 heteroatoms. The molecular formula is C16H17F2N3O2S. The Labute approximate surface area is 142 Å². The highest BCUT2D eigenvalue weighted by molar-refractivity contribution is 7.09. The number of urea groups is 1. The molecule has 0 saturated heterocycles. The van der Waals surface area contributed by atoms with Crippen LogP contribution in [0.25, 0.3) is 0 Å². The molecule has 0 spiro atoms. The van der Waals surface area contributed by atoms with Crippen LogP contribution < -0.4 is 15.4 Å². The third-order valence-electron chi connectivity index (χ3n) is 3.47. The van der Waals surface area contributed by atoms with E-state index in [4.69, 9.17) is 4.74 Å². The summed E-state index contributed by atoms with van der Waals surface area (Å²) in [5.41, 5.74) is 0.857. The second-order valence-corrected chi connectivity index (χ2v) is 6.37. The van der Waals surface area contributed by atoms with Crippen molar-refractivity contribution in [2.75, 3.05) is 13.2 Å². The van der Waals surface area contributed by atoms with Crippen molar-refractivity contribution in [3.05, 3.63) is 45.9 Å². The van der Waals surface area contributed by atoms with Gasteiger partial charge in [-0.1, -0.05) is 0 Å². The van der Waals surface area contributed by atoms with Crippen LogP contribution in [0.3, 0.4) is 0 Å². The van der Waals surface area contributed by atoms with Crippen molar-refractivity contribution in [1.82, 2.24) is 15.6 Å². The number of carbonyl (C=O) groups excluding carboxylic acids is 1. The minimum Gasteiger partial charge on any atom is -0.492 e. The summed E-state index contributed by atoms with van der Waals surface area (Å²) < 4.78 is 31.0. The summed E-state index contributed by atoms with van der Waals surface area (Å²) in [6.07, 6.45) is 2.41. The molecule has 2 N–H and O–H groups in total. The summed E-state index contributed by atoms with van der Waals surface area (Å²) in [6.45, 7) is 0.773. The Morgan fingerprint density at radius 3 is 2.88 bits per heavy atom. The molecule has 1 aromatic carbocycles. The van der Waals surface area contributed by atoms with Gasteiger partial charge >= 0.3 is 6.03 Å². The molecule has 0 radical (unpaired) electrons. The lowest BCUT2D eigenvalue weighted by molar-refractivity contribution is 0.236. The quantitative estimate of drug-likeness (QED) is 0.752. The van der Waals surface area contributed by atoms with Gasteiger partial charge in [0.1, 0.15) is 12.4 Å². The molecule has 1 aromatic heterocycles. The lowest BCUT2D eigenvalue weighted by Gasteiger charge is -2.08. The highest BCUT2D eigenvalue weighted by Crippen LogP contribution is 2.41. The Kier molecular flexibility index (Phi) is 5.24. The average molecular weight is 353 g/mol. The van der Waals surface area contributed by atoms with Crippen LogP contribution in [0.1, 0.15) is 29.5 Å². The van der Waals surface area contributed by atoms with Crippen molar-refractivity contribution in [3.8, 4) is 5.75 Å². The molecule has 0 aliphatic heterocycles. The van der Waals surface area contributed by atoms with Gasteiger partial charge in [0.05, 0.1) is 23.8 Å². The SMILES string of the molecule is O=C(NCCOc1ccc(F)c(F)c1)NCc1csc(C2CC2)n1. The fraction of sp³-hybridized carbons (Fsp3) is 0.375. The maximum Gasteiger partial charge on any atom is 0.315 e. The molecule has 1 fully saturated rings. The third kappa shape index (κ3) is 4.64. The van der Waals surface area contributed by atoms with E-state index in [9.17, 15) is 13.6 Å². The molecule has 0 unspecified atom stereocenters. The summed E-state index contributed by atoms with van der Waals surface area (Å²) in [5, 5.41) is 8.44.